The first kappa shape index (κ1) is 15.8. The molecule has 1 rings (SSSR count). The third-order valence-electron chi connectivity index (χ3n) is 4.12. The molecule has 2 unspecified atom stereocenters. The number of carboxylic acid groups (broad SMARTS) is 1. The standard InChI is InChI=1S/C14H26N2O3/c1-6-11(12(17)18)15(5)13(19)16-8-7-10(9-16)14(2,3)4/h10-11H,6-9H2,1-5H3,(H,17,18). The van der Waals surface area contributed by atoms with Crippen LogP contribution in [0.3, 0.4) is 0 Å². The van der Waals surface area contributed by atoms with E-state index in [0.29, 0.717) is 12.3 Å². The van der Waals surface area contributed by atoms with Crippen molar-refractivity contribution >= 4 is 12.0 Å². The topological polar surface area (TPSA) is 60.9 Å². The molecule has 5 nitrogen and oxygen atoms in total. The molecule has 1 N–H and O–H groups in total. The smallest absolute Gasteiger partial charge is 0.326 e. The molecule has 0 bridgehead atoms. The van der Waals surface area contributed by atoms with Crippen LogP contribution in [0.25, 0.3) is 0 Å². The van der Waals surface area contributed by atoms with Crippen LogP contribution in [-0.2, 0) is 4.79 Å². The van der Waals surface area contributed by atoms with Crippen molar-refractivity contribution in [2.75, 3.05) is 20.1 Å². The molecule has 0 aromatic carbocycles. The van der Waals surface area contributed by atoms with Gasteiger partial charge in [-0.2, -0.15) is 0 Å². The molecule has 1 aliphatic heterocycles. The van der Waals surface area contributed by atoms with Gasteiger partial charge >= 0.3 is 12.0 Å². The van der Waals surface area contributed by atoms with E-state index < -0.39 is 12.0 Å². The highest BCUT2D eigenvalue weighted by molar-refractivity contribution is 5.82. The molecule has 1 fully saturated rings. The van der Waals surface area contributed by atoms with E-state index in [9.17, 15) is 9.59 Å². The fraction of sp³-hybridized carbons (Fsp3) is 0.857. The Bertz CT molecular complexity index is 349. The minimum absolute atomic E-state index is 0.166. The summed E-state index contributed by atoms with van der Waals surface area (Å²) >= 11 is 0. The number of carbonyl (C=O) groups excluding carboxylic acids is 1. The number of hydrogen-bond acceptors (Lipinski definition) is 2. The van der Waals surface area contributed by atoms with E-state index in [-0.39, 0.29) is 11.4 Å². The fourth-order valence-corrected chi connectivity index (χ4v) is 2.61. The molecule has 0 aromatic heterocycles. The number of likely N-dealkylation sites (tertiary alicyclic amines) is 1. The van der Waals surface area contributed by atoms with Gasteiger partial charge in [0, 0.05) is 20.1 Å². The van der Waals surface area contributed by atoms with Gasteiger partial charge in [0.05, 0.1) is 0 Å². The molecule has 0 saturated carbocycles. The lowest BCUT2D eigenvalue weighted by molar-refractivity contribution is -0.142. The third kappa shape index (κ3) is 3.61. The van der Waals surface area contributed by atoms with Crippen molar-refractivity contribution in [3.05, 3.63) is 0 Å². The molecule has 1 heterocycles. The highest BCUT2D eigenvalue weighted by Crippen LogP contribution is 2.33. The van der Waals surface area contributed by atoms with Crippen LogP contribution >= 0.6 is 0 Å². The van der Waals surface area contributed by atoms with Gasteiger partial charge in [-0.3, -0.25) is 0 Å². The van der Waals surface area contributed by atoms with E-state index in [2.05, 4.69) is 20.8 Å². The zero-order valence-corrected chi connectivity index (χ0v) is 12.6. The Morgan fingerprint density at radius 2 is 2.00 bits per heavy atom. The van der Waals surface area contributed by atoms with Crippen molar-refractivity contribution in [2.45, 2.75) is 46.6 Å². The first-order valence-electron chi connectivity index (χ1n) is 6.93. The normalized spacial score (nSPS) is 21.3. The van der Waals surface area contributed by atoms with Crippen molar-refractivity contribution in [3.63, 3.8) is 0 Å². The minimum Gasteiger partial charge on any atom is -0.480 e. The molecule has 0 aromatic rings. The van der Waals surface area contributed by atoms with Gasteiger partial charge in [-0.25, -0.2) is 9.59 Å². The summed E-state index contributed by atoms with van der Waals surface area (Å²) < 4.78 is 0. The van der Waals surface area contributed by atoms with Gasteiger partial charge in [-0.15, -0.1) is 0 Å². The van der Waals surface area contributed by atoms with Gasteiger partial charge < -0.3 is 14.9 Å². The predicted octanol–water partition coefficient (Wildman–Crippen LogP) is 2.27. The van der Waals surface area contributed by atoms with Gasteiger partial charge in [-0.1, -0.05) is 27.7 Å². The van der Waals surface area contributed by atoms with Crippen LogP contribution in [0.1, 0.15) is 40.5 Å². The van der Waals surface area contributed by atoms with Gasteiger partial charge in [0.15, 0.2) is 0 Å². The van der Waals surface area contributed by atoms with Gasteiger partial charge in [0.1, 0.15) is 6.04 Å². The van der Waals surface area contributed by atoms with Crippen LogP contribution < -0.4 is 0 Å². The van der Waals surface area contributed by atoms with E-state index in [1.54, 1.807) is 18.9 Å². The maximum absolute atomic E-state index is 12.3. The molecule has 110 valence electrons. The quantitative estimate of drug-likeness (QED) is 0.855. The second kappa shape index (κ2) is 5.80. The summed E-state index contributed by atoms with van der Waals surface area (Å²) in [6.45, 7) is 9.78. The van der Waals surface area contributed by atoms with Gasteiger partial charge in [0.25, 0.3) is 0 Å². The molecule has 0 aliphatic carbocycles. The Morgan fingerprint density at radius 3 is 2.37 bits per heavy atom. The molecule has 2 amide bonds. The number of urea groups is 1. The Hall–Kier alpha value is -1.26. The molecule has 5 heteroatoms. The molecular weight excluding hydrogens is 244 g/mol. The third-order valence-corrected chi connectivity index (χ3v) is 4.12. The van der Waals surface area contributed by atoms with Crippen LogP contribution in [0.4, 0.5) is 4.79 Å². The lowest BCUT2D eigenvalue weighted by Crippen LogP contribution is -2.48. The number of aliphatic carboxylic acids is 1. The van der Waals surface area contributed by atoms with Crippen LogP contribution in [0, 0.1) is 11.3 Å². The number of nitrogens with zero attached hydrogens (tertiary/aromatic N) is 2. The Balaban J connectivity index is 2.67. The highest BCUT2D eigenvalue weighted by atomic mass is 16.4. The molecule has 1 aliphatic rings. The van der Waals surface area contributed by atoms with Crippen molar-refractivity contribution in [3.8, 4) is 0 Å². The van der Waals surface area contributed by atoms with Crippen LogP contribution in [0.15, 0.2) is 0 Å². The van der Waals surface area contributed by atoms with E-state index in [1.165, 1.54) is 4.90 Å². The lowest BCUT2D eigenvalue weighted by Gasteiger charge is -2.30. The maximum Gasteiger partial charge on any atom is 0.326 e. The molecule has 2 atom stereocenters. The number of carbonyl (C=O) groups is 2. The predicted molar refractivity (Wildman–Crippen MR) is 74.0 cm³/mol. The summed E-state index contributed by atoms with van der Waals surface area (Å²) in [6.07, 6.45) is 1.42. The lowest BCUT2D eigenvalue weighted by atomic mass is 9.80. The first-order valence-corrected chi connectivity index (χ1v) is 6.93. The van der Waals surface area contributed by atoms with Gasteiger partial charge in [-0.05, 0) is 24.2 Å². The summed E-state index contributed by atoms with van der Waals surface area (Å²) in [5, 5.41) is 9.10. The number of amides is 2. The zero-order chi connectivity index (χ0) is 14.8. The number of rotatable bonds is 3. The molecule has 1 saturated heterocycles. The van der Waals surface area contributed by atoms with Gasteiger partial charge in [0.2, 0.25) is 0 Å². The van der Waals surface area contributed by atoms with Crippen molar-refractivity contribution in [2.24, 2.45) is 11.3 Å². The summed E-state index contributed by atoms with van der Waals surface area (Å²) in [5.74, 6) is -0.459. The average molecular weight is 270 g/mol. The summed E-state index contributed by atoms with van der Waals surface area (Å²) in [4.78, 5) is 26.5. The fourth-order valence-electron chi connectivity index (χ4n) is 2.61. The monoisotopic (exact) mass is 270 g/mol. The van der Waals surface area contributed by atoms with Crippen LogP contribution in [-0.4, -0.2) is 53.1 Å². The van der Waals surface area contributed by atoms with Crippen LogP contribution in [0.2, 0.25) is 0 Å². The molecule has 19 heavy (non-hydrogen) atoms. The van der Waals surface area contributed by atoms with E-state index >= 15 is 0 Å². The maximum atomic E-state index is 12.3. The second-order valence-electron chi connectivity index (χ2n) is 6.45. The number of likely N-dealkylation sites (N-methyl/N-ethyl adjacent to an activating group) is 1. The second-order valence-corrected chi connectivity index (χ2v) is 6.45. The first-order chi connectivity index (χ1) is 8.68. The summed E-state index contributed by atoms with van der Waals surface area (Å²) in [5.41, 5.74) is 0.185. The Morgan fingerprint density at radius 1 is 1.42 bits per heavy atom. The van der Waals surface area contributed by atoms with E-state index in [4.69, 9.17) is 5.11 Å². The van der Waals surface area contributed by atoms with Crippen LogP contribution in [0.5, 0.6) is 0 Å². The van der Waals surface area contributed by atoms with Crippen molar-refractivity contribution in [1.29, 1.82) is 0 Å². The SMILES string of the molecule is CCC(C(=O)O)N(C)C(=O)N1CCC(C(C)(C)C)C1. The average Bonchev–Trinajstić information content (AvgIpc) is 2.77. The Kier molecular flexibility index (Phi) is 4.82. The summed E-state index contributed by atoms with van der Waals surface area (Å²) in [6, 6.07) is -0.901. The summed E-state index contributed by atoms with van der Waals surface area (Å²) in [7, 11) is 1.58. The molecule has 0 spiro atoms. The number of hydrogen-bond donors (Lipinski definition) is 1. The molecule has 0 radical (unpaired) electrons. The van der Waals surface area contributed by atoms with E-state index in [0.717, 1.165) is 19.5 Å². The van der Waals surface area contributed by atoms with Crippen molar-refractivity contribution < 1.29 is 14.7 Å². The Labute approximate surface area is 115 Å². The highest BCUT2D eigenvalue weighted by Gasteiger charge is 2.36. The molecular formula is C14H26N2O3. The van der Waals surface area contributed by atoms with E-state index in [1.807, 2.05) is 0 Å². The van der Waals surface area contributed by atoms with Crippen molar-refractivity contribution in [1.82, 2.24) is 9.80 Å². The number of carboxylic acids is 1. The minimum atomic E-state index is -0.940. The largest absolute Gasteiger partial charge is 0.480 e. The zero-order valence-electron chi connectivity index (χ0n) is 12.6.